The highest BCUT2D eigenvalue weighted by atomic mass is 16.4. The normalized spacial score (nSPS) is 24.4. The zero-order valence-electron chi connectivity index (χ0n) is 14.0. The summed E-state index contributed by atoms with van der Waals surface area (Å²) in [6, 6.07) is 1.85. The molecule has 1 aliphatic heterocycles. The van der Waals surface area contributed by atoms with Gasteiger partial charge < -0.3 is 10.0 Å². The van der Waals surface area contributed by atoms with Crippen LogP contribution < -0.4 is 0 Å². The van der Waals surface area contributed by atoms with Crippen LogP contribution in [0, 0.1) is 23.7 Å². The van der Waals surface area contributed by atoms with Gasteiger partial charge in [0.05, 0.1) is 11.6 Å². The second-order valence-electron chi connectivity index (χ2n) is 7.40. The van der Waals surface area contributed by atoms with Gasteiger partial charge in [-0.3, -0.25) is 14.3 Å². The topological polar surface area (TPSA) is 75.4 Å². The molecule has 6 heteroatoms. The Labute approximate surface area is 136 Å². The summed E-state index contributed by atoms with van der Waals surface area (Å²) < 4.78 is 1.63. The van der Waals surface area contributed by atoms with E-state index in [1.54, 1.807) is 16.6 Å². The molecule has 0 aromatic carbocycles. The molecule has 1 amide bonds. The third-order valence-electron chi connectivity index (χ3n) is 4.96. The van der Waals surface area contributed by atoms with Crippen LogP contribution in [-0.4, -0.2) is 44.8 Å². The van der Waals surface area contributed by atoms with E-state index in [1.165, 1.54) is 0 Å². The van der Waals surface area contributed by atoms with Crippen LogP contribution in [0.15, 0.2) is 6.07 Å². The Hall–Kier alpha value is -1.85. The van der Waals surface area contributed by atoms with Crippen LogP contribution in [0.1, 0.15) is 42.9 Å². The predicted octanol–water partition coefficient (Wildman–Crippen LogP) is 1.80. The minimum absolute atomic E-state index is 0.0931. The molecule has 0 unspecified atom stereocenters. The molecular weight excluding hydrogens is 294 g/mol. The summed E-state index contributed by atoms with van der Waals surface area (Å²) in [5.41, 5.74) is 1.47. The smallest absolute Gasteiger partial charge is 0.308 e. The summed E-state index contributed by atoms with van der Waals surface area (Å²) in [5.74, 6) is -0.214. The van der Waals surface area contributed by atoms with E-state index in [1.807, 2.05) is 6.07 Å². The third-order valence-corrected chi connectivity index (χ3v) is 4.96. The molecule has 3 rings (SSSR count). The molecule has 2 heterocycles. The van der Waals surface area contributed by atoms with Crippen molar-refractivity contribution in [2.45, 2.75) is 33.1 Å². The first-order valence-corrected chi connectivity index (χ1v) is 8.41. The number of aryl methyl sites for hydroxylation is 1. The second kappa shape index (κ2) is 5.98. The van der Waals surface area contributed by atoms with Crippen LogP contribution in [0.3, 0.4) is 0 Å². The molecule has 1 aliphatic carbocycles. The summed E-state index contributed by atoms with van der Waals surface area (Å²) in [7, 11) is 1.78. The highest BCUT2D eigenvalue weighted by Crippen LogP contribution is 2.44. The van der Waals surface area contributed by atoms with E-state index in [0.717, 1.165) is 25.0 Å². The monoisotopic (exact) mass is 319 g/mol. The molecule has 0 bridgehead atoms. The van der Waals surface area contributed by atoms with Gasteiger partial charge in [-0.05, 0) is 43.1 Å². The van der Waals surface area contributed by atoms with E-state index in [4.69, 9.17) is 0 Å². The molecule has 0 spiro atoms. The molecule has 126 valence electrons. The number of aliphatic carboxylic acids is 1. The Bertz CT molecular complexity index is 619. The first-order valence-electron chi connectivity index (χ1n) is 8.41. The molecular formula is C17H25N3O3. The molecule has 1 saturated carbocycles. The average Bonchev–Trinajstić information content (AvgIpc) is 3.10. The lowest BCUT2D eigenvalue weighted by atomic mass is 9.92. The number of hydrogen-bond donors (Lipinski definition) is 1. The van der Waals surface area contributed by atoms with Crippen LogP contribution in [0.2, 0.25) is 0 Å². The van der Waals surface area contributed by atoms with E-state index in [9.17, 15) is 14.7 Å². The number of rotatable bonds is 5. The lowest BCUT2D eigenvalue weighted by Crippen LogP contribution is -2.31. The van der Waals surface area contributed by atoms with Crippen molar-refractivity contribution >= 4 is 11.9 Å². The van der Waals surface area contributed by atoms with E-state index in [-0.39, 0.29) is 11.8 Å². The molecule has 0 radical (unpaired) electrons. The van der Waals surface area contributed by atoms with Gasteiger partial charge in [0.25, 0.3) is 5.91 Å². The van der Waals surface area contributed by atoms with E-state index in [0.29, 0.717) is 30.6 Å². The number of likely N-dealkylation sites (tertiary alicyclic amines) is 1. The first kappa shape index (κ1) is 16.0. The maximum absolute atomic E-state index is 12.8. The molecule has 23 heavy (non-hydrogen) atoms. The summed E-state index contributed by atoms with van der Waals surface area (Å²) in [6.45, 7) is 5.12. The van der Waals surface area contributed by atoms with Gasteiger partial charge in [0.15, 0.2) is 0 Å². The zero-order valence-corrected chi connectivity index (χ0v) is 14.0. The Morgan fingerprint density at radius 2 is 2.04 bits per heavy atom. The lowest BCUT2D eigenvalue weighted by molar-refractivity contribution is -0.142. The van der Waals surface area contributed by atoms with Crippen LogP contribution in [0.4, 0.5) is 0 Å². The number of carboxylic acid groups (broad SMARTS) is 1. The van der Waals surface area contributed by atoms with Crippen molar-refractivity contribution in [3.8, 4) is 0 Å². The molecule has 1 aromatic rings. The predicted molar refractivity (Wildman–Crippen MR) is 85.0 cm³/mol. The van der Waals surface area contributed by atoms with Gasteiger partial charge >= 0.3 is 5.97 Å². The van der Waals surface area contributed by atoms with Crippen LogP contribution in [-0.2, 0) is 18.3 Å². The minimum atomic E-state index is -0.775. The lowest BCUT2D eigenvalue weighted by Gasteiger charge is -2.16. The standard InChI is InChI=1S/C17H25N3O3/c1-10(2)6-12-7-15(19(3)18-12)16(21)20-8-13(11-4-5-11)14(9-20)17(22)23/h7,10-11,13-14H,4-6,8-9H2,1-3H3,(H,22,23)/t13-,14+/m0/s1. The average molecular weight is 319 g/mol. The molecule has 1 saturated heterocycles. The number of carbonyl (C=O) groups excluding carboxylic acids is 1. The molecule has 1 aromatic heterocycles. The largest absolute Gasteiger partial charge is 0.481 e. The summed E-state index contributed by atoms with van der Waals surface area (Å²) in [5, 5.41) is 13.8. The maximum atomic E-state index is 12.8. The number of carbonyl (C=O) groups is 2. The van der Waals surface area contributed by atoms with Gasteiger partial charge in [0.2, 0.25) is 0 Å². The molecule has 2 aliphatic rings. The molecule has 2 atom stereocenters. The zero-order chi connectivity index (χ0) is 16.7. The Morgan fingerprint density at radius 1 is 1.35 bits per heavy atom. The van der Waals surface area contributed by atoms with Crippen LogP contribution >= 0.6 is 0 Å². The van der Waals surface area contributed by atoms with Crippen molar-refractivity contribution in [3.05, 3.63) is 17.5 Å². The molecule has 1 N–H and O–H groups in total. The van der Waals surface area contributed by atoms with Crippen LogP contribution in [0.25, 0.3) is 0 Å². The number of hydrogen-bond acceptors (Lipinski definition) is 3. The van der Waals surface area contributed by atoms with Crippen molar-refractivity contribution < 1.29 is 14.7 Å². The van der Waals surface area contributed by atoms with Crippen molar-refractivity contribution in [1.82, 2.24) is 14.7 Å². The Morgan fingerprint density at radius 3 is 2.61 bits per heavy atom. The summed E-state index contributed by atoms with van der Waals surface area (Å²) in [4.78, 5) is 26.0. The fourth-order valence-corrected chi connectivity index (χ4v) is 3.66. The van der Waals surface area contributed by atoms with Gasteiger partial charge in [0.1, 0.15) is 5.69 Å². The van der Waals surface area contributed by atoms with Gasteiger partial charge in [-0.25, -0.2) is 0 Å². The van der Waals surface area contributed by atoms with Gasteiger partial charge in [0, 0.05) is 20.1 Å². The minimum Gasteiger partial charge on any atom is -0.481 e. The summed E-state index contributed by atoms with van der Waals surface area (Å²) >= 11 is 0. The number of amides is 1. The van der Waals surface area contributed by atoms with Gasteiger partial charge in [-0.2, -0.15) is 5.10 Å². The maximum Gasteiger partial charge on any atom is 0.308 e. The highest BCUT2D eigenvalue weighted by molar-refractivity contribution is 5.93. The van der Waals surface area contributed by atoms with E-state index in [2.05, 4.69) is 18.9 Å². The van der Waals surface area contributed by atoms with Crippen molar-refractivity contribution in [2.24, 2.45) is 30.7 Å². The summed E-state index contributed by atoms with van der Waals surface area (Å²) in [6.07, 6.45) is 3.03. The van der Waals surface area contributed by atoms with Gasteiger partial charge in [-0.15, -0.1) is 0 Å². The van der Waals surface area contributed by atoms with Crippen LogP contribution in [0.5, 0.6) is 0 Å². The Kier molecular flexibility index (Phi) is 4.17. The SMILES string of the molecule is CC(C)Cc1cc(C(=O)N2C[C@@H](C(=O)O)[C@H](C3CC3)C2)n(C)n1. The molecule has 6 nitrogen and oxygen atoms in total. The number of carboxylic acids is 1. The first-order chi connectivity index (χ1) is 10.9. The van der Waals surface area contributed by atoms with E-state index < -0.39 is 11.9 Å². The number of nitrogens with zero attached hydrogens (tertiary/aromatic N) is 3. The van der Waals surface area contributed by atoms with Gasteiger partial charge in [-0.1, -0.05) is 13.8 Å². The fourth-order valence-electron chi connectivity index (χ4n) is 3.66. The van der Waals surface area contributed by atoms with Crippen molar-refractivity contribution in [2.75, 3.05) is 13.1 Å². The third kappa shape index (κ3) is 3.26. The Balaban J connectivity index is 1.75. The van der Waals surface area contributed by atoms with Crippen molar-refractivity contribution in [3.63, 3.8) is 0 Å². The fraction of sp³-hybridized carbons (Fsp3) is 0.706. The number of aromatic nitrogens is 2. The second-order valence-corrected chi connectivity index (χ2v) is 7.40. The van der Waals surface area contributed by atoms with Crippen molar-refractivity contribution in [1.29, 1.82) is 0 Å². The highest BCUT2D eigenvalue weighted by Gasteiger charge is 2.47. The quantitative estimate of drug-likeness (QED) is 0.898. The van der Waals surface area contributed by atoms with E-state index >= 15 is 0 Å². The molecule has 2 fully saturated rings.